The van der Waals surface area contributed by atoms with E-state index in [9.17, 15) is 9.90 Å². The number of hydrogen-bond donors (Lipinski definition) is 3. The second kappa shape index (κ2) is 6.76. The van der Waals surface area contributed by atoms with E-state index >= 15 is 0 Å². The van der Waals surface area contributed by atoms with Crippen molar-refractivity contribution in [1.82, 2.24) is 5.32 Å². The molecule has 4 N–H and O–H groups in total. The molecular weight excluding hydrogens is 268 g/mol. The van der Waals surface area contributed by atoms with E-state index in [1.165, 1.54) is 19.2 Å². The Hall–Kier alpha value is -2.53. The Morgan fingerprint density at radius 2 is 2.00 bits per heavy atom. The zero-order chi connectivity index (χ0) is 15.2. The number of rotatable bonds is 5. The molecular formula is C16H18N2O3. The van der Waals surface area contributed by atoms with Gasteiger partial charge in [0.2, 0.25) is 0 Å². The first-order chi connectivity index (χ1) is 10.1. The third-order valence-electron chi connectivity index (χ3n) is 3.13. The molecule has 0 fully saturated rings. The second-order valence-corrected chi connectivity index (χ2v) is 4.59. The Morgan fingerprint density at radius 3 is 2.71 bits per heavy atom. The number of carbonyl (C=O) groups excluding carboxylic acids is 1. The molecule has 0 aliphatic heterocycles. The number of hydrogen-bond acceptors (Lipinski definition) is 4. The molecule has 5 heteroatoms. The van der Waals surface area contributed by atoms with Crippen LogP contribution in [0.4, 0.5) is 0 Å². The number of ether oxygens (including phenoxy) is 1. The van der Waals surface area contributed by atoms with Gasteiger partial charge in [-0.1, -0.05) is 24.3 Å². The van der Waals surface area contributed by atoms with Crippen LogP contribution >= 0.6 is 0 Å². The molecule has 0 radical (unpaired) electrons. The lowest BCUT2D eigenvalue weighted by atomic mass is 10.1. The summed E-state index contributed by atoms with van der Waals surface area (Å²) in [6, 6.07) is 12.2. The quantitative estimate of drug-likeness (QED) is 0.782. The molecule has 2 rings (SSSR count). The zero-order valence-electron chi connectivity index (χ0n) is 11.8. The summed E-state index contributed by atoms with van der Waals surface area (Å²) in [5, 5.41) is 12.5. The third kappa shape index (κ3) is 3.73. The second-order valence-electron chi connectivity index (χ2n) is 4.59. The van der Waals surface area contributed by atoms with Gasteiger partial charge in [-0.15, -0.1) is 0 Å². The molecule has 0 atom stereocenters. The van der Waals surface area contributed by atoms with Crippen LogP contribution < -0.4 is 15.8 Å². The first-order valence-electron chi connectivity index (χ1n) is 6.57. The topological polar surface area (TPSA) is 84.6 Å². The molecule has 2 aromatic carbocycles. The van der Waals surface area contributed by atoms with Crippen molar-refractivity contribution >= 4 is 5.91 Å². The highest BCUT2D eigenvalue weighted by Crippen LogP contribution is 2.22. The molecule has 0 unspecified atom stereocenters. The fourth-order valence-corrected chi connectivity index (χ4v) is 1.97. The van der Waals surface area contributed by atoms with E-state index in [-0.39, 0.29) is 17.2 Å². The molecule has 0 heterocycles. The molecule has 0 spiro atoms. The number of amides is 1. The van der Waals surface area contributed by atoms with Crippen LogP contribution in [-0.4, -0.2) is 18.1 Å². The molecule has 110 valence electrons. The van der Waals surface area contributed by atoms with Gasteiger partial charge in [0.25, 0.3) is 5.91 Å². The summed E-state index contributed by atoms with van der Waals surface area (Å²) >= 11 is 0. The van der Waals surface area contributed by atoms with Crippen LogP contribution in [-0.2, 0) is 13.1 Å². The van der Waals surface area contributed by atoms with Gasteiger partial charge in [-0.25, -0.2) is 0 Å². The summed E-state index contributed by atoms with van der Waals surface area (Å²) in [5.41, 5.74) is 7.73. The lowest BCUT2D eigenvalue weighted by Gasteiger charge is -2.09. The number of methoxy groups -OCH3 is 1. The van der Waals surface area contributed by atoms with Gasteiger partial charge in [0.15, 0.2) is 0 Å². The van der Waals surface area contributed by atoms with Crippen LogP contribution in [0.1, 0.15) is 21.5 Å². The predicted molar refractivity (Wildman–Crippen MR) is 80.2 cm³/mol. The Labute approximate surface area is 123 Å². The maximum absolute atomic E-state index is 12.1. The highest BCUT2D eigenvalue weighted by Gasteiger charge is 2.12. The number of nitrogens with two attached hydrogens (primary N) is 1. The van der Waals surface area contributed by atoms with Gasteiger partial charge in [0.1, 0.15) is 11.5 Å². The molecule has 21 heavy (non-hydrogen) atoms. The number of phenols is 1. The van der Waals surface area contributed by atoms with E-state index in [4.69, 9.17) is 10.5 Å². The van der Waals surface area contributed by atoms with E-state index in [1.54, 1.807) is 6.07 Å². The standard InChI is InChI=1S/C16H18N2O3/c1-21-13-5-6-15(19)14(8-13)16(20)18-10-12-4-2-3-11(7-12)9-17/h2-8,19H,9-10,17H2,1H3,(H,18,20). The van der Waals surface area contributed by atoms with Gasteiger partial charge in [-0.05, 0) is 29.3 Å². The SMILES string of the molecule is COc1ccc(O)c(C(=O)NCc2cccc(CN)c2)c1. The summed E-state index contributed by atoms with van der Waals surface area (Å²) in [4.78, 5) is 12.1. The number of nitrogens with one attached hydrogen (secondary N) is 1. The fourth-order valence-electron chi connectivity index (χ4n) is 1.97. The van der Waals surface area contributed by atoms with Gasteiger partial charge in [-0.2, -0.15) is 0 Å². The van der Waals surface area contributed by atoms with Crippen LogP contribution in [0.5, 0.6) is 11.5 Å². The van der Waals surface area contributed by atoms with Crippen molar-refractivity contribution in [2.45, 2.75) is 13.1 Å². The number of benzene rings is 2. The van der Waals surface area contributed by atoms with Crippen LogP contribution in [0.2, 0.25) is 0 Å². The smallest absolute Gasteiger partial charge is 0.255 e. The lowest BCUT2D eigenvalue weighted by Crippen LogP contribution is -2.23. The highest BCUT2D eigenvalue weighted by atomic mass is 16.5. The maximum atomic E-state index is 12.1. The minimum Gasteiger partial charge on any atom is -0.507 e. The van der Waals surface area contributed by atoms with Crippen molar-refractivity contribution in [1.29, 1.82) is 0 Å². The van der Waals surface area contributed by atoms with Crippen LogP contribution in [0.3, 0.4) is 0 Å². The average molecular weight is 286 g/mol. The summed E-state index contributed by atoms with van der Waals surface area (Å²) < 4.78 is 5.05. The molecule has 0 saturated heterocycles. The third-order valence-corrected chi connectivity index (χ3v) is 3.13. The van der Waals surface area contributed by atoms with E-state index in [1.807, 2.05) is 24.3 Å². The van der Waals surface area contributed by atoms with Gasteiger partial charge in [0.05, 0.1) is 12.7 Å². The lowest BCUT2D eigenvalue weighted by molar-refractivity contribution is 0.0948. The zero-order valence-corrected chi connectivity index (χ0v) is 11.8. The van der Waals surface area contributed by atoms with E-state index in [2.05, 4.69) is 5.32 Å². The Kier molecular flexibility index (Phi) is 4.79. The maximum Gasteiger partial charge on any atom is 0.255 e. The Balaban J connectivity index is 2.07. The van der Waals surface area contributed by atoms with E-state index in [0.29, 0.717) is 18.8 Å². The van der Waals surface area contributed by atoms with Crippen molar-refractivity contribution in [3.05, 3.63) is 59.2 Å². The van der Waals surface area contributed by atoms with Crippen LogP contribution in [0.25, 0.3) is 0 Å². The van der Waals surface area contributed by atoms with Crippen molar-refractivity contribution in [2.75, 3.05) is 7.11 Å². The molecule has 0 bridgehead atoms. The average Bonchev–Trinajstić information content (AvgIpc) is 2.53. The molecule has 0 aliphatic rings. The largest absolute Gasteiger partial charge is 0.507 e. The van der Waals surface area contributed by atoms with Crippen molar-refractivity contribution < 1.29 is 14.6 Å². The van der Waals surface area contributed by atoms with Crippen molar-refractivity contribution in [2.24, 2.45) is 5.73 Å². The summed E-state index contributed by atoms with van der Waals surface area (Å²) in [7, 11) is 1.51. The van der Waals surface area contributed by atoms with Gasteiger partial charge in [-0.3, -0.25) is 4.79 Å². The van der Waals surface area contributed by atoms with Crippen LogP contribution in [0, 0.1) is 0 Å². The Morgan fingerprint density at radius 1 is 1.24 bits per heavy atom. The summed E-state index contributed by atoms with van der Waals surface area (Å²) in [6.07, 6.45) is 0. The molecule has 0 aromatic heterocycles. The monoisotopic (exact) mass is 286 g/mol. The van der Waals surface area contributed by atoms with E-state index < -0.39 is 0 Å². The number of carbonyl (C=O) groups is 1. The summed E-state index contributed by atoms with van der Waals surface area (Å²) in [5.74, 6) is 0.0802. The molecule has 5 nitrogen and oxygen atoms in total. The van der Waals surface area contributed by atoms with Gasteiger partial charge < -0.3 is 20.9 Å². The molecule has 1 amide bonds. The Bertz CT molecular complexity index is 641. The molecule has 2 aromatic rings. The van der Waals surface area contributed by atoms with Gasteiger partial charge in [0, 0.05) is 13.1 Å². The van der Waals surface area contributed by atoms with E-state index in [0.717, 1.165) is 11.1 Å². The van der Waals surface area contributed by atoms with Crippen LogP contribution in [0.15, 0.2) is 42.5 Å². The van der Waals surface area contributed by atoms with Crippen molar-refractivity contribution in [3.63, 3.8) is 0 Å². The molecule has 0 aliphatic carbocycles. The first kappa shape index (κ1) is 14.9. The minimum absolute atomic E-state index is 0.0796. The molecule has 0 saturated carbocycles. The minimum atomic E-state index is -0.357. The predicted octanol–water partition coefficient (Wildman–Crippen LogP) is 1.79. The van der Waals surface area contributed by atoms with Crippen molar-refractivity contribution in [3.8, 4) is 11.5 Å². The summed E-state index contributed by atoms with van der Waals surface area (Å²) in [6.45, 7) is 0.821. The normalized spacial score (nSPS) is 10.2. The number of aromatic hydroxyl groups is 1. The first-order valence-corrected chi connectivity index (χ1v) is 6.57. The fraction of sp³-hybridized carbons (Fsp3) is 0.188. The van der Waals surface area contributed by atoms with Gasteiger partial charge >= 0.3 is 0 Å². The number of phenolic OH excluding ortho intramolecular Hbond substituents is 1. The highest BCUT2D eigenvalue weighted by molar-refractivity contribution is 5.97.